The zero-order valence-corrected chi connectivity index (χ0v) is 17.7. The van der Waals surface area contributed by atoms with Gasteiger partial charge in [0.2, 0.25) is 11.9 Å². The third-order valence-corrected chi connectivity index (χ3v) is 4.37. The Kier molecular flexibility index (Phi) is 6.21. The van der Waals surface area contributed by atoms with E-state index >= 15 is 0 Å². The van der Waals surface area contributed by atoms with Crippen molar-refractivity contribution in [2.24, 2.45) is 0 Å². The fourth-order valence-electron chi connectivity index (χ4n) is 2.87. The van der Waals surface area contributed by atoms with Crippen LogP contribution in [0.15, 0.2) is 60.7 Å². The van der Waals surface area contributed by atoms with E-state index in [9.17, 15) is 4.79 Å². The molecule has 32 heavy (non-hydrogen) atoms. The number of hydrogen-bond acceptors (Lipinski definition) is 7. The van der Waals surface area contributed by atoms with Crippen LogP contribution in [-0.2, 0) is 6.42 Å². The maximum atomic E-state index is 12.1. The number of aromatic amines is 1. The standard InChI is InChI=1S/C22H23N9O/c1-3-18-26-20(29-21(27-18)28-19-13-14(2)30-31-19)23-16-9-11-17(12-10-16)25-22(32)24-15-7-5-4-6-8-15/h4-13H,3H2,1-2H3,(H2,24,25,32)(H3,23,26,27,28,29,30,31). The van der Waals surface area contributed by atoms with Crippen LogP contribution >= 0.6 is 0 Å². The highest BCUT2D eigenvalue weighted by Crippen LogP contribution is 2.19. The Hall–Kier alpha value is -4.47. The lowest BCUT2D eigenvalue weighted by molar-refractivity contribution is 0.262. The zero-order chi connectivity index (χ0) is 22.3. The number of rotatable bonds is 7. The van der Waals surface area contributed by atoms with Gasteiger partial charge in [-0.3, -0.25) is 5.10 Å². The second-order valence-corrected chi connectivity index (χ2v) is 6.96. The van der Waals surface area contributed by atoms with Crippen molar-refractivity contribution in [3.63, 3.8) is 0 Å². The van der Waals surface area contributed by atoms with Crippen LogP contribution in [0.3, 0.4) is 0 Å². The van der Waals surface area contributed by atoms with E-state index in [1.54, 1.807) is 12.1 Å². The molecule has 0 saturated heterocycles. The summed E-state index contributed by atoms with van der Waals surface area (Å²) in [6.07, 6.45) is 0.658. The van der Waals surface area contributed by atoms with Crippen molar-refractivity contribution in [3.05, 3.63) is 72.2 Å². The molecule has 0 unspecified atom stereocenters. The lowest BCUT2D eigenvalue weighted by Crippen LogP contribution is -2.19. The summed E-state index contributed by atoms with van der Waals surface area (Å²) in [7, 11) is 0. The third-order valence-electron chi connectivity index (χ3n) is 4.37. The van der Waals surface area contributed by atoms with E-state index in [4.69, 9.17) is 0 Å². The Balaban J connectivity index is 1.41. The first-order valence-electron chi connectivity index (χ1n) is 10.1. The molecule has 0 fully saturated rings. The van der Waals surface area contributed by atoms with Gasteiger partial charge in [-0.05, 0) is 43.3 Å². The van der Waals surface area contributed by atoms with Crippen molar-refractivity contribution in [1.29, 1.82) is 0 Å². The number of H-pyrrole nitrogens is 1. The molecule has 0 aliphatic carbocycles. The SMILES string of the molecule is CCc1nc(Nc2ccc(NC(=O)Nc3ccccc3)cc2)nc(Nc2cc(C)[nH]n2)n1. The molecule has 0 spiro atoms. The van der Waals surface area contributed by atoms with Gasteiger partial charge in [-0.2, -0.15) is 20.1 Å². The van der Waals surface area contributed by atoms with Gasteiger partial charge in [0.25, 0.3) is 0 Å². The number of anilines is 6. The molecule has 0 radical (unpaired) electrons. The largest absolute Gasteiger partial charge is 0.324 e. The number of aromatic nitrogens is 5. The summed E-state index contributed by atoms with van der Waals surface area (Å²) >= 11 is 0. The van der Waals surface area contributed by atoms with Gasteiger partial charge in [0, 0.05) is 35.2 Å². The third kappa shape index (κ3) is 5.57. The number of carbonyl (C=O) groups excluding carboxylic acids is 1. The number of para-hydroxylation sites is 1. The maximum absolute atomic E-state index is 12.1. The topological polar surface area (TPSA) is 133 Å². The van der Waals surface area contributed by atoms with Crippen molar-refractivity contribution in [2.45, 2.75) is 20.3 Å². The first-order chi connectivity index (χ1) is 15.6. The molecule has 2 aromatic carbocycles. The zero-order valence-electron chi connectivity index (χ0n) is 17.7. The highest BCUT2D eigenvalue weighted by Gasteiger charge is 2.08. The van der Waals surface area contributed by atoms with Crippen LogP contribution in [0.4, 0.5) is 39.6 Å². The van der Waals surface area contributed by atoms with Crippen molar-refractivity contribution in [1.82, 2.24) is 25.1 Å². The number of nitrogens with zero attached hydrogens (tertiary/aromatic N) is 4. The average Bonchev–Trinajstić information content (AvgIpc) is 3.20. The summed E-state index contributed by atoms with van der Waals surface area (Å²) in [5.41, 5.74) is 3.08. The summed E-state index contributed by atoms with van der Waals surface area (Å²) in [6, 6.07) is 18.0. The van der Waals surface area contributed by atoms with Crippen LogP contribution in [0, 0.1) is 6.92 Å². The van der Waals surface area contributed by atoms with Crippen molar-refractivity contribution >= 4 is 40.8 Å². The summed E-state index contributed by atoms with van der Waals surface area (Å²) < 4.78 is 0. The molecule has 4 aromatic rings. The van der Waals surface area contributed by atoms with Gasteiger partial charge in [0.15, 0.2) is 5.82 Å². The fourth-order valence-corrected chi connectivity index (χ4v) is 2.87. The van der Waals surface area contributed by atoms with E-state index in [1.165, 1.54) is 0 Å². The van der Waals surface area contributed by atoms with Crippen molar-refractivity contribution in [2.75, 3.05) is 21.3 Å². The van der Waals surface area contributed by atoms with E-state index in [-0.39, 0.29) is 6.03 Å². The molecule has 4 rings (SSSR count). The Bertz CT molecular complexity index is 1190. The number of aryl methyl sites for hydroxylation is 2. The molecule has 2 heterocycles. The second kappa shape index (κ2) is 9.56. The van der Waals surface area contributed by atoms with Crippen LogP contribution < -0.4 is 21.3 Å². The van der Waals surface area contributed by atoms with E-state index in [0.717, 1.165) is 17.1 Å². The van der Waals surface area contributed by atoms with E-state index < -0.39 is 0 Å². The molecule has 0 aliphatic heterocycles. The minimum Gasteiger partial charge on any atom is -0.324 e. The Labute approximate surface area is 184 Å². The van der Waals surface area contributed by atoms with Gasteiger partial charge >= 0.3 is 6.03 Å². The number of urea groups is 1. The molecule has 2 aromatic heterocycles. The number of benzene rings is 2. The van der Waals surface area contributed by atoms with Gasteiger partial charge in [0.1, 0.15) is 5.82 Å². The molecule has 10 nitrogen and oxygen atoms in total. The lowest BCUT2D eigenvalue weighted by atomic mass is 10.3. The molecule has 5 N–H and O–H groups in total. The highest BCUT2D eigenvalue weighted by molar-refractivity contribution is 5.99. The van der Waals surface area contributed by atoms with Crippen molar-refractivity contribution < 1.29 is 4.79 Å². The minimum atomic E-state index is -0.314. The molecule has 0 atom stereocenters. The molecule has 162 valence electrons. The fraction of sp³-hybridized carbons (Fsp3) is 0.136. The van der Waals surface area contributed by atoms with E-state index in [2.05, 4.69) is 46.4 Å². The molecule has 0 saturated carbocycles. The van der Waals surface area contributed by atoms with Gasteiger partial charge in [-0.25, -0.2) is 4.79 Å². The average molecular weight is 429 g/mol. The van der Waals surface area contributed by atoms with Gasteiger partial charge in [-0.15, -0.1) is 0 Å². The summed E-state index contributed by atoms with van der Waals surface area (Å²) in [6.45, 7) is 3.89. The minimum absolute atomic E-state index is 0.314. The Morgan fingerprint density at radius 3 is 2.09 bits per heavy atom. The molecular weight excluding hydrogens is 406 g/mol. The van der Waals surface area contributed by atoms with Crippen LogP contribution in [0.2, 0.25) is 0 Å². The first-order valence-corrected chi connectivity index (χ1v) is 10.1. The summed E-state index contributed by atoms with van der Waals surface area (Å²) in [5.74, 6) is 2.09. The Morgan fingerprint density at radius 1 is 0.844 bits per heavy atom. The smallest absolute Gasteiger partial charge is 0.323 e. The Morgan fingerprint density at radius 2 is 1.47 bits per heavy atom. The second-order valence-electron chi connectivity index (χ2n) is 6.96. The van der Waals surface area contributed by atoms with Crippen LogP contribution in [0.5, 0.6) is 0 Å². The predicted octanol–water partition coefficient (Wildman–Crippen LogP) is 4.60. The van der Waals surface area contributed by atoms with Gasteiger partial charge in [-0.1, -0.05) is 25.1 Å². The molecular formula is C22H23N9O. The summed E-state index contributed by atoms with van der Waals surface area (Å²) in [4.78, 5) is 25.4. The number of carbonyl (C=O) groups is 1. The van der Waals surface area contributed by atoms with Gasteiger partial charge in [0.05, 0.1) is 0 Å². The maximum Gasteiger partial charge on any atom is 0.323 e. The van der Waals surface area contributed by atoms with E-state index in [1.807, 2.05) is 62.4 Å². The predicted molar refractivity (Wildman–Crippen MR) is 125 cm³/mol. The quantitative estimate of drug-likeness (QED) is 0.290. The van der Waals surface area contributed by atoms with Crippen LogP contribution in [0.1, 0.15) is 18.4 Å². The molecule has 2 amide bonds. The monoisotopic (exact) mass is 429 g/mol. The lowest BCUT2D eigenvalue weighted by Gasteiger charge is -2.10. The first kappa shape index (κ1) is 20.8. The van der Waals surface area contributed by atoms with Crippen molar-refractivity contribution in [3.8, 4) is 0 Å². The van der Waals surface area contributed by atoms with Crippen LogP contribution in [-0.4, -0.2) is 31.2 Å². The highest BCUT2D eigenvalue weighted by atomic mass is 16.2. The molecule has 0 aliphatic rings. The normalized spacial score (nSPS) is 10.4. The summed E-state index contributed by atoms with van der Waals surface area (Å²) in [5, 5.41) is 18.8. The number of amides is 2. The molecule has 0 bridgehead atoms. The van der Waals surface area contributed by atoms with E-state index in [0.29, 0.717) is 35.6 Å². The van der Waals surface area contributed by atoms with Gasteiger partial charge < -0.3 is 21.3 Å². The number of nitrogens with one attached hydrogen (secondary N) is 5. The molecule has 10 heteroatoms. The van der Waals surface area contributed by atoms with Crippen LogP contribution in [0.25, 0.3) is 0 Å². The number of hydrogen-bond donors (Lipinski definition) is 5.